The van der Waals surface area contributed by atoms with Crippen molar-refractivity contribution in [2.24, 2.45) is 5.73 Å². The first-order chi connectivity index (χ1) is 10.2. The molecule has 0 spiro atoms. The molecule has 3 aromatic rings. The Labute approximate surface area is 123 Å². The van der Waals surface area contributed by atoms with Crippen LogP contribution in [0, 0.1) is 13.8 Å². The standard InChI is InChI=1S/C16H17N5/c1-10-13(5-6-17)11(2)21-16(20-10)12-3-4-14-15(9-12)19-8-7-18-14/h3-4,7-9H,5-6,17H2,1-2H3. The van der Waals surface area contributed by atoms with Crippen molar-refractivity contribution < 1.29 is 0 Å². The lowest BCUT2D eigenvalue weighted by molar-refractivity contribution is 0.899. The molecule has 2 heterocycles. The Bertz CT molecular complexity index is 775. The molecule has 106 valence electrons. The molecule has 0 radical (unpaired) electrons. The van der Waals surface area contributed by atoms with Crippen molar-refractivity contribution in [2.75, 3.05) is 6.54 Å². The lowest BCUT2D eigenvalue weighted by Crippen LogP contribution is -2.09. The molecule has 0 aliphatic rings. The zero-order chi connectivity index (χ0) is 14.8. The van der Waals surface area contributed by atoms with E-state index in [0.717, 1.165) is 45.8 Å². The first-order valence-corrected chi connectivity index (χ1v) is 6.94. The first-order valence-electron chi connectivity index (χ1n) is 6.94. The van der Waals surface area contributed by atoms with E-state index in [2.05, 4.69) is 19.9 Å². The summed E-state index contributed by atoms with van der Waals surface area (Å²) in [6.07, 6.45) is 4.18. The van der Waals surface area contributed by atoms with Crippen LogP contribution in [-0.4, -0.2) is 26.5 Å². The van der Waals surface area contributed by atoms with Gasteiger partial charge in [-0.1, -0.05) is 0 Å². The Morgan fingerprint density at radius 1 is 0.952 bits per heavy atom. The molecule has 0 bridgehead atoms. The van der Waals surface area contributed by atoms with Crippen LogP contribution in [0.3, 0.4) is 0 Å². The number of benzene rings is 1. The Balaban J connectivity index is 2.10. The fourth-order valence-electron chi connectivity index (χ4n) is 2.48. The number of rotatable bonds is 3. The van der Waals surface area contributed by atoms with Crippen LogP contribution in [0.15, 0.2) is 30.6 Å². The minimum Gasteiger partial charge on any atom is -0.330 e. The van der Waals surface area contributed by atoms with Gasteiger partial charge in [-0.2, -0.15) is 0 Å². The number of aryl methyl sites for hydroxylation is 2. The summed E-state index contributed by atoms with van der Waals surface area (Å²) in [5.74, 6) is 0.721. The van der Waals surface area contributed by atoms with E-state index in [1.165, 1.54) is 0 Å². The van der Waals surface area contributed by atoms with Gasteiger partial charge in [-0.05, 0) is 50.6 Å². The van der Waals surface area contributed by atoms with Crippen LogP contribution in [-0.2, 0) is 6.42 Å². The summed E-state index contributed by atoms with van der Waals surface area (Å²) in [6.45, 7) is 4.62. The maximum Gasteiger partial charge on any atom is 0.159 e. The topological polar surface area (TPSA) is 77.6 Å². The molecule has 5 heteroatoms. The van der Waals surface area contributed by atoms with Gasteiger partial charge in [-0.15, -0.1) is 0 Å². The predicted molar refractivity (Wildman–Crippen MR) is 82.8 cm³/mol. The van der Waals surface area contributed by atoms with Crippen molar-refractivity contribution in [3.8, 4) is 11.4 Å². The molecule has 5 nitrogen and oxygen atoms in total. The molecule has 2 N–H and O–H groups in total. The number of hydrogen-bond donors (Lipinski definition) is 1. The summed E-state index contributed by atoms with van der Waals surface area (Å²) in [5.41, 5.74) is 11.4. The fraction of sp³-hybridized carbons (Fsp3) is 0.250. The van der Waals surface area contributed by atoms with E-state index in [0.29, 0.717) is 6.54 Å². The molecular weight excluding hydrogens is 262 g/mol. The number of nitrogens with zero attached hydrogens (tertiary/aromatic N) is 4. The lowest BCUT2D eigenvalue weighted by Gasteiger charge is -2.10. The normalized spacial score (nSPS) is 11.0. The average molecular weight is 279 g/mol. The number of aromatic nitrogens is 4. The second-order valence-electron chi connectivity index (χ2n) is 5.00. The van der Waals surface area contributed by atoms with Crippen LogP contribution in [0.1, 0.15) is 17.0 Å². The quantitative estimate of drug-likeness (QED) is 0.795. The van der Waals surface area contributed by atoms with Gasteiger partial charge in [0.2, 0.25) is 0 Å². The second kappa shape index (κ2) is 5.54. The molecule has 0 fully saturated rings. The largest absolute Gasteiger partial charge is 0.330 e. The average Bonchev–Trinajstić information content (AvgIpc) is 2.50. The van der Waals surface area contributed by atoms with Gasteiger partial charge in [0.25, 0.3) is 0 Å². The zero-order valence-corrected chi connectivity index (χ0v) is 12.2. The Kier molecular flexibility index (Phi) is 3.58. The van der Waals surface area contributed by atoms with Gasteiger partial charge in [0, 0.05) is 29.3 Å². The molecule has 1 aromatic carbocycles. The van der Waals surface area contributed by atoms with Crippen molar-refractivity contribution in [3.05, 3.63) is 47.5 Å². The van der Waals surface area contributed by atoms with Gasteiger partial charge in [-0.25, -0.2) is 9.97 Å². The summed E-state index contributed by atoms with van der Waals surface area (Å²) in [6, 6.07) is 5.90. The predicted octanol–water partition coefficient (Wildman–Crippen LogP) is 2.20. The minimum absolute atomic E-state index is 0.607. The van der Waals surface area contributed by atoms with Gasteiger partial charge in [0.05, 0.1) is 11.0 Å². The fourth-order valence-corrected chi connectivity index (χ4v) is 2.48. The molecule has 0 amide bonds. The smallest absolute Gasteiger partial charge is 0.159 e. The third-order valence-corrected chi connectivity index (χ3v) is 3.54. The summed E-state index contributed by atoms with van der Waals surface area (Å²) < 4.78 is 0. The van der Waals surface area contributed by atoms with Crippen molar-refractivity contribution in [1.82, 2.24) is 19.9 Å². The van der Waals surface area contributed by atoms with E-state index in [9.17, 15) is 0 Å². The van der Waals surface area contributed by atoms with Crippen molar-refractivity contribution >= 4 is 11.0 Å². The Morgan fingerprint density at radius 2 is 1.62 bits per heavy atom. The van der Waals surface area contributed by atoms with E-state index in [1.807, 2.05) is 32.0 Å². The zero-order valence-electron chi connectivity index (χ0n) is 12.2. The molecular formula is C16H17N5. The summed E-state index contributed by atoms with van der Waals surface area (Å²) in [5, 5.41) is 0. The third-order valence-electron chi connectivity index (χ3n) is 3.54. The van der Waals surface area contributed by atoms with E-state index in [1.54, 1.807) is 12.4 Å². The van der Waals surface area contributed by atoms with E-state index >= 15 is 0 Å². The SMILES string of the molecule is Cc1nc(-c2ccc3nccnc3c2)nc(C)c1CCN. The maximum absolute atomic E-state index is 5.64. The molecule has 2 aromatic heterocycles. The molecule has 0 atom stereocenters. The molecule has 0 saturated heterocycles. The van der Waals surface area contributed by atoms with Gasteiger partial charge in [-0.3, -0.25) is 9.97 Å². The number of fused-ring (bicyclic) bond motifs is 1. The summed E-state index contributed by atoms with van der Waals surface area (Å²) >= 11 is 0. The number of nitrogens with two attached hydrogens (primary N) is 1. The highest BCUT2D eigenvalue weighted by Gasteiger charge is 2.10. The van der Waals surface area contributed by atoms with Gasteiger partial charge >= 0.3 is 0 Å². The van der Waals surface area contributed by atoms with Crippen molar-refractivity contribution in [3.63, 3.8) is 0 Å². The van der Waals surface area contributed by atoms with Crippen LogP contribution in [0.4, 0.5) is 0 Å². The maximum atomic E-state index is 5.64. The molecule has 0 aliphatic carbocycles. The molecule has 3 rings (SSSR count). The summed E-state index contributed by atoms with van der Waals surface area (Å²) in [7, 11) is 0. The van der Waals surface area contributed by atoms with E-state index in [4.69, 9.17) is 5.73 Å². The van der Waals surface area contributed by atoms with Crippen LogP contribution in [0.5, 0.6) is 0 Å². The van der Waals surface area contributed by atoms with Crippen molar-refractivity contribution in [2.45, 2.75) is 20.3 Å². The van der Waals surface area contributed by atoms with E-state index in [-0.39, 0.29) is 0 Å². The van der Waals surface area contributed by atoms with Gasteiger partial charge in [0.15, 0.2) is 5.82 Å². The first kappa shape index (κ1) is 13.6. The monoisotopic (exact) mass is 279 g/mol. The Morgan fingerprint density at radius 3 is 2.29 bits per heavy atom. The van der Waals surface area contributed by atoms with Crippen LogP contribution in [0.2, 0.25) is 0 Å². The van der Waals surface area contributed by atoms with E-state index < -0.39 is 0 Å². The molecule has 0 aliphatic heterocycles. The van der Waals surface area contributed by atoms with Gasteiger partial charge in [0.1, 0.15) is 0 Å². The third kappa shape index (κ3) is 2.60. The molecule has 0 saturated carbocycles. The highest BCUT2D eigenvalue weighted by Crippen LogP contribution is 2.21. The highest BCUT2D eigenvalue weighted by molar-refractivity contribution is 5.79. The van der Waals surface area contributed by atoms with Crippen LogP contribution in [0.25, 0.3) is 22.4 Å². The minimum atomic E-state index is 0.607. The van der Waals surface area contributed by atoms with Crippen LogP contribution >= 0.6 is 0 Å². The second-order valence-corrected chi connectivity index (χ2v) is 5.00. The van der Waals surface area contributed by atoms with Crippen LogP contribution < -0.4 is 5.73 Å². The Hall–Kier alpha value is -2.40. The molecule has 0 unspecified atom stereocenters. The lowest BCUT2D eigenvalue weighted by atomic mass is 10.1. The molecule has 21 heavy (non-hydrogen) atoms. The summed E-state index contributed by atoms with van der Waals surface area (Å²) in [4.78, 5) is 17.8. The van der Waals surface area contributed by atoms with Gasteiger partial charge < -0.3 is 5.73 Å². The number of hydrogen-bond acceptors (Lipinski definition) is 5. The van der Waals surface area contributed by atoms with Crippen molar-refractivity contribution in [1.29, 1.82) is 0 Å². The highest BCUT2D eigenvalue weighted by atomic mass is 14.9.